The predicted molar refractivity (Wildman–Crippen MR) is 62.2 cm³/mol. The topological polar surface area (TPSA) is 77.8 Å². The van der Waals surface area contributed by atoms with Crippen molar-refractivity contribution in [1.82, 2.24) is 0 Å². The fourth-order valence-corrected chi connectivity index (χ4v) is 0.751. The summed E-state index contributed by atoms with van der Waals surface area (Å²) in [6.07, 6.45) is 7.40. The lowest BCUT2D eigenvalue weighted by Gasteiger charge is -1.93. The van der Waals surface area contributed by atoms with E-state index in [2.05, 4.69) is 6.58 Å². The first-order valence-electron chi connectivity index (χ1n) is 4.47. The molecule has 0 fully saturated rings. The fourth-order valence-electron chi connectivity index (χ4n) is 0.751. The highest BCUT2D eigenvalue weighted by Crippen LogP contribution is 2.03. The van der Waals surface area contributed by atoms with Crippen molar-refractivity contribution < 1.29 is 20.1 Å². The van der Waals surface area contributed by atoms with Crippen LogP contribution in [0.2, 0.25) is 0 Å². The molecule has 0 aromatic heterocycles. The minimum Gasteiger partial charge on any atom is -0.512 e. The van der Waals surface area contributed by atoms with Gasteiger partial charge in [0.1, 0.15) is 12.0 Å². The number of hydrogen-bond acceptors (Lipinski definition) is 4. The van der Waals surface area contributed by atoms with E-state index in [9.17, 15) is 4.79 Å². The minimum absolute atomic E-state index is 0.320. The maximum absolute atomic E-state index is 10.6. The number of ketones is 1. The molecule has 0 amide bonds. The van der Waals surface area contributed by atoms with E-state index in [0.717, 1.165) is 0 Å². The highest BCUT2D eigenvalue weighted by molar-refractivity contribution is 5.90. The summed E-state index contributed by atoms with van der Waals surface area (Å²) in [6.45, 7) is 4.73. The van der Waals surface area contributed by atoms with Gasteiger partial charge >= 0.3 is 0 Å². The smallest absolute Gasteiger partial charge is 0.194 e. The first-order valence-corrected chi connectivity index (χ1v) is 4.47. The third kappa shape index (κ3) is 5.49. The number of carbonyl (C=O) groups excluding carboxylic acids is 1. The number of allylic oxidation sites excluding steroid dienone is 7. The van der Waals surface area contributed by atoms with Crippen LogP contribution in [-0.2, 0) is 4.79 Å². The fraction of sp³-hybridized carbons (Fsp3) is 0.0833. The maximum Gasteiger partial charge on any atom is 0.194 e. The Balaban J connectivity index is 4.75. The van der Waals surface area contributed by atoms with E-state index in [0.29, 0.717) is 11.8 Å². The predicted octanol–water partition coefficient (Wildman–Crippen LogP) is 2.64. The second kappa shape index (κ2) is 7.11. The van der Waals surface area contributed by atoms with Crippen LogP contribution in [0, 0.1) is 0 Å². The average Bonchev–Trinajstić information content (AvgIpc) is 2.26. The summed E-state index contributed by atoms with van der Waals surface area (Å²) in [4.78, 5) is 10.6. The number of rotatable bonds is 5. The number of aliphatic hydroxyl groups is 3. The maximum atomic E-state index is 10.6. The van der Waals surface area contributed by atoms with Gasteiger partial charge in [-0.25, -0.2) is 0 Å². The zero-order valence-electron chi connectivity index (χ0n) is 8.92. The minimum atomic E-state index is -0.438. The molecule has 0 saturated carbocycles. The molecular weight excluding hydrogens is 208 g/mol. The van der Waals surface area contributed by atoms with Crippen LogP contribution in [0.4, 0.5) is 0 Å². The second-order valence-corrected chi connectivity index (χ2v) is 2.87. The van der Waals surface area contributed by atoms with Crippen LogP contribution >= 0.6 is 0 Å². The molecule has 0 unspecified atom stereocenters. The van der Waals surface area contributed by atoms with Crippen molar-refractivity contribution in [2.24, 2.45) is 0 Å². The molecule has 0 atom stereocenters. The van der Waals surface area contributed by atoms with Gasteiger partial charge < -0.3 is 15.3 Å². The first-order chi connectivity index (χ1) is 7.51. The van der Waals surface area contributed by atoms with Crippen LogP contribution in [0.15, 0.2) is 60.3 Å². The quantitative estimate of drug-likeness (QED) is 0.379. The average molecular weight is 222 g/mol. The van der Waals surface area contributed by atoms with E-state index >= 15 is 0 Å². The molecule has 3 N–H and O–H groups in total. The lowest BCUT2D eigenvalue weighted by Crippen LogP contribution is -1.93. The largest absolute Gasteiger partial charge is 0.512 e. The number of Topliss-reactive ketones (excluding diaryl/α,β-unsaturated/α-hetero) is 1. The summed E-state index contributed by atoms with van der Waals surface area (Å²) < 4.78 is 0. The molecule has 4 heteroatoms. The third-order valence-electron chi connectivity index (χ3n) is 1.59. The molecule has 0 rings (SSSR count). The van der Waals surface area contributed by atoms with Gasteiger partial charge in [-0.15, -0.1) is 0 Å². The van der Waals surface area contributed by atoms with Gasteiger partial charge in [0, 0.05) is 6.92 Å². The summed E-state index contributed by atoms with van der Waals surface area (Å²) in [5.41, 5.74) is 0.510. The van der Waals surface area contributed by atoms with Gasteiger partial charge in [-0.2, -0.15) is 0 Å². The molecule has 4 nitrogen and oxygen atoms in total. The summed E-state index contributed by atoms with van der Waals surface area (Å²) in [6, 6.07) is 0. The highest BCUT2D eigenvalue weighted by Gasteiger charge is 1.95. The Morgan fingerprint density at radius 1 is 1.31 bits per heavy atom. The van der Waals surface area contributed by atoms with Crippen molar-refractivity contribution in [3.8, 4) is 0 Å². The Morgan fingerprint density at radius 2 is 1.94 bits per heavy atom. The van der Waals surface area contributed by atoms with E-state index < -0.39 is 5.78 Å². The Bertz CT molecular complexity index is 384. The summed E-state index contributed by atoms with van der Waals surface area (Å²) in [5, 5.41) is 26.5. The van der Waals surface area contributed by atoms with Gasteiger partial charge in [0.25, 0.3) is 0 Å². The zero-order chi connectivity index (χ0) is 12.6. The van der Waals surface area contributed by atoms with Crippen molar-refractivity contribution in [2.45, 2.75) is 6.92 Å². The molecule has 0 spiro atoms. The Morgan fingerprint density at radius 3 is 2.38 bits per heavy atom. The molecule has 0 aliphatic rings. The monoisotopic (exact) mass is 222 g/mol. The second-order valence-electron chi connectivity index (χ2n) is 2.87. The zero-order valence-corrected chi connectivity index (χ0v) is 8.92. The van der Waals surface area contributed by atoms with Gasteiger partial charge in [0.2, 0.25) is 0 Å². The van der Waals surface area contributed by atoms with E-state index in [1.807, 2.05) is 0 Å². The molecule has 16 heavy (non-hydrogen) atoms. The molecule has 0 aliphatic carbocycles. The molecule has 0 bridgehead atoms. The van der Waals surface area contributed by atoms with Crippen LogP contribution in [0.5, 0.6) is 0 Å². The van der Waals surface area contributed by atoms with Crippen LogP contribution in [0.3, 0.4) is 0 Å². The van der Waals surface area contributed by atoms with Gasteiger partial charge in [-0.05, 0) is 17.7 Å². The molecule has 0 aromatic carbocycles. The van der Waals surface area contributed by atoms with Gasteiger partial charge in [-0.1, -0.05) is 24.8 Å². The van der Waals surface area contributed by atoms with E-state index in [-0.39, 0.29) is 11.5 Å². The van der Waals surface area contributed by atoms with Crippen molar-refractivity contribution in [3.63, 3.8) is 0 Å². The van der Waals surface area contributed by atoms with Gasteiger partial charge in [-0.3, -0.25) is 4.79 Å². The molecule has 0 saturated heterocycles. The van der Waals surface area contributed by atoms with Crippen molar-refractivity contribution in [1.29, 1.82) is 0 Å². The first kappa shape index (κ1) is 13.8. The van der Waals surface area contributed by atoms with Crippen molar-refractivity contribution >= 4 is 5.78 Å². The van der Waals surface area contributed by atoms with Crippen molar-refractivity contribution in [3.05, 3.63) is 60.3 Å². The number of aliphatic hydroxyl groups excluding tert-OH is 3. The van der Waals surface area contributed by atoms with Gasteiger partial charge in [0.05, 0.1) is 0 Å². The summed E-state index contributed by atoms with van der Waals surface area (Å²) in [5.74, 6) is -1.12. The lowest BCUT2D eigenvalue weighted by molar-refractivity contribution is -0.115. The Labute approximate surface area is 93.8 Å². The SMILES string of the molecule is C=CC(/C=C\C=C(\O)C(C)=O)=C\C(O)=C\O. The summed E-state index contributed by atoms with van der Waals surface area (Å²) in [7, 11) is 0. The molecule has 0 heterocycles. The highest BCUT2D eigenvalue weighted by atomic mass is 16.3. The number of hydrogen-bond donors (Lipinski definition) is 3. The van der Waals surface area contributed by atoms with Crippen LogP contribution in [0.25, 0.3) is 0 Å². The third-order valence-corrected chi connectivity index (χ3v) is 1.59. The lowest BCUT2D eigenvalue weighted by atomic mass is 10.2. The van der Waals surface area contributed by atoms with Crippen LogP contribution in [0.1, 0.15) is 6.92 Å². The van der Waals surface area contributed by atoms with Gasteiger partial charge in [0.15, 0.2) is 11.5 Å². The molecule has 0 radical (unpaired) electrons. The van der Waals surface area contributed by atoms with Crippen molar-refractivity contribution in [2.75, 3.05) is 0 Å². The summed E-state index contributed by atoms with van der Waals surface area (Å²) >= 11 is 0. The number of carbonyl (C=O) groups is 1. The standard InChI is InChI=1S/C12H14O4/c1-3-10(7-11(15)8-13)5-4-6-12(16)9(2)14/h3-8,13,15-16H,1H2,2H3/b5-4-,10-7+,11-8-,12-6+. The molecule has 0 aliphatic heterocycles. The van der Waals surface area contributed by atoms with E-state index in [4.69, 9.17) is 15.3 Å². The van der Waals surface area contributed by atoms with Crippen LogP contribution < -0.4 is 0 Å². The molecular formula is C12H14O4. The Hall–Kier alpha value is -2.23. The van der Waals surface area contributed by atoms with Crippen LogP contribution in [-0.4, -0.2) is 21.1 Å². The molecule has 0 aromatic rings. The van der Waals surface area contributed by atoms with E-state index in [1.165, 1.54) is 37.3 Å². The molecule has 86 valence electrons. The Kier molecular flexibility index (Phi) is 6.12. The van der Waals surface area contributed by atoms with E-state index in [1.54, 1.807) is 0 Å². The normalized spacial score (nSPS) is 14.2.